The van der Waals surface area contributed by atoms with E-state index in [0.717, 1.165) is 38.4 Å². The van der Waals surface area contributed by atoms with Gasteiger partial charge in [0.1, 0.15) is 0 Å². The Morgan fingerprint density at radius 2 is 1.96 bits per heavy atom. The normalized spacial score (nSPS) is 26.6. The third kappa shape index (κ3) is 3.82. The monoisotopic (exact) mass is 325 g/mol. The van der Waals surface area contributed by atoms with E-state index >= 15 is 0 Å². The fourth-order valence-electron chi connectivity index (χ4n) is 3.83. The van der Waals surface area contributed by atoms with Crippen LogP contribution in [0.3, 0.4) is 0 Å². The molecule has 0 aliphatic heterocycles. The van der Waals surface area contributed by atoms with Crippen molar-refractivity contribution in [1.29, 1.82) is 0 Å². The Balaban J connectivity index is 1.97. The number of aliphatic hydroxyl groups is 1. The minimum absolute atomic E-state index is 0.317. The number of ether oxygens (including phenoxy) is 1. The van der Waals surface area contributed by atoms with Gasteiger partial charge in [-0.05, 0) is 46.0 Å². The smallest absolute Gasteiger partial charge is 0.191 e. The molecular formula is C18H35N3O2. The molecule has 5 nitrogen and oxygen atoms in total. The van der Waals surface area contributed by atoms with Gasteiger partial charge in [-0.25, -0.2) is 0 Å². The van der Waals surface area contributed by atoms with E-state index in [1.807, 2.05) is 13.8 Å². The lowest BCUT2D eigenvalue weighted by Gasteiger charge is -2.61. The van der Waals surface area contributed by atoms with Crippen LogP contribution in [-0.4, -0.2) is 48.5 Å². The number of nitrogens with zero attached hydrogens (tertiary/aromatic N) is 1. The molecule has 1 spiro atoms. The maximum absolute atomic E-state index is 10.4. The molecule has 2 saturated carbocycles. The van der Waals surface area contributed by atoms with Gasteiger partial charge in [0.25, 0.3) is 0 Å². The summed E-state index contributed by atoms with van der Waals surface area (Å²) in [6, 6.07) is 0.446. The number of rotatable bonds is 8. The molecule has 23 heavy (non-hydrogen) atoms. The number of nitrogens with one attached hydrogen (secondary N) is 2. The predicted molar refractivity (Wildman–Crippen MR) is 94.7 cm³/mol. The van der Waals surface area contributed by atoms with Gasteiger partial charge in [-0.15, -0.1) is 0 Å². The number of aliphatic imine (C=N–C) groups is 1. The van der Waals surface area contributed by atoms with Gasteiger partial charge in [0.05, 0.1) is 18.2 Å². The third-order valence-corrected chi connectivity index (χ3v) is 5.94. The van der Waals surface area contributed by atoms with Crippen LogP contribution in [0.4, 0.5) is 0 Å². The SMILES string of the molecule is CCNC(=NCC(O)(CC)CC)NC1CC(OCC)C12CCC2. The van der Waals surface area contributed by atoms with Crippen LogP contribution in [0.2, 0.25) is 0 Å². The molecule has 2 aliphatic rings. The summed E-state index contributed by atoms with van der Waals surface area (Å²) in [6.45, 7) is 10.3. The van der Waals surface area contributed by atoms with Crippen LogP contribution in [0.1, 0.15) is 66.2 Å². The average Bonchev–Trinajstić information content (AvgIpc) is 2.49. The summed E-state index contributed by atoms with van der Waals surface area (Å²) in [6.07, 6.45) is 6.74. The van der Waals surface area contributed by atoms with Crippen molar-refractivity contribution in [3.05, 3.63) is 0 Å². The molecular weight excluding hydrogens is 290 g/mol. The summed E-state index contributed by atoms with van der Waals surface area (Å²) < 4.78 is 5.92. The van der Waals surface area contributed by atoms with Crippen molar-refractivity contribution in [2.24, 2.45) is 10.4 Å². The highest BCUT2D eigenvalue weighted by atomic mass is 16.5. The summed E-state index contributed by atoms with van der Waals surface area (Å²) in [5.41, 5.74) is -0.373. The molecule has 2 rings (SSSR count). The Morgan fingerprint density at radius 3 is 2.43 bits per heavy atom. The van der Waals surface area contributed by atoms with Crippen LogP contribution >= 0.6 is 0 Å². The van der Waals surface area contributed by atoms with Crippen molar-refractivity contribution < 1.29 is 9.84 Å². The van der Waals surface area contributed by atoms with Crippen LogP contribution in [-0.2, 0) is 4.74 Å². The molecule has 134 valence electrons. The lowest BCUT2D eigenvalue weighted by atomic mass is 9.51. The van der Waals surface area contributed by atoms with Gasteiger partial charge in [0, 0.05) is 24.6 Å². The van der Waals surface area contributed by atoms with E-state index in [-0.39, 0.29) is 0 Å². The molecule has 2 unspecified atom stereocenters. The molecule has 0 heterocycles. The van der Waals surface area contributed by atoms with Crippen LogP contribution in [0, 0.1) is 5.41 Å². The van der Waals surface area contributed by atoms with Crippen molar-refractivity contribution in [1.82, 2.24) is 10.6 Å². The Hall–Kier alpha value is -0.810. The molecule has 0 radical (unpaired) electrons. The molecule has 0 bridgehead atoms. The molecule has 0 saturated heterocycles. The standard InChI is InChI=1S/C18H35N3O2/c1-5-17(22,6-2)13-20-16(19-7-3)21-14-12-15(23-8-4)18(14)10-9-11-18/h14-15,22H,5-13H2,1-4H3,(H2,19,20,21). The minimum Gasteiger partial charge on any atom is -0.388 e. The van der Waals surface area contributed by atoms with Crippen molar-refractivity contribution in [3.63, 3.8) is 0 Å². The van der Waals surface area contributed by atoms with Gasteiger partial charge in [-0.3, -0.25) is 4.99 Å². The molecule has 2 fully saturated rings. The topological polar surface area (TPSA) is 65.9 Å². The molecule has 0 aromatic heterocycles. The first-order valence-corrected chi connectivity index (χ1v) is 9.42. The van der Waals surface area contributed by atoms with Crippen molar-refractivity contribution in [3.8, 4) is 0 Å². The maximum atomic E-state index is 10.4. The second-order valence-corrected chi connectivity index (χ2v) is 7.09. The van der Waals surface area contributed by atoms with E-state index in [2.05, 4.69) is 29.5 Å². The van der Waals surface area contributed by atoms with E-state index in [9.17, 15) is 5.11 Å². The van der Waals surface area contributed by atoms with E-state index in [1.54, 1.807) is 0 Å². The van der Waals surface area contributed by atoms with Gasteiger partial charge in [-0.1, -0.05) is 20.3 Å². The van der Waals surface area contributed by atoms with Crippen LogP contribution in [0.15, 0.2) is 4.99 Å². The zero-order chi connectivity index (χ0) is 16.9. The lowest BCUT2D eigenvalue weighted by molar-refractivity contribution is -0.168. The predicted octanol–water partition coefficient (Wildman–Crippen LogP) is 2.44. The summed E-state index contributed by atoms with van der Waals surface area (Å²) in [5.74, 6) is 0.832. The number of guanidine groups is 1. The van der Waals surface area contributed by atoms with Crippen LogP contribution in [0.5, 0.6) is 0 Å². The van der Waals surface area contributed by atoms with Gasteiger partial charge >= 0.3 is 0 Å². The Morgan fingerprint density at radius 1 is 1.26 bits per heavy atom. The fourth-order valence-corrected chi connectivity index (χ4v) is 3.83. The molecule has 2 atom stereocenters. The van der Waals surface area contributed by atoms with Gasteiger partial charge in [0.2, 0.25) is 0 Å². The molecule has 5 heteroatoms. The highest BCUT2D eigenvalue weighted by Crippen LogP contribution is 2.57. The molecule has 2 aliphatic carbocycles. The zero-order valence-corrected chi connectivity index (χ0v) is 15.3. The van der Waals surface area contributed by atoms with E-state index in [0.29, 0.717) is 24.1 Å². The highest BCUT2D eigenvalue weighted by Gasteiger charge is 2.59. The summed E-state index contributed by atoms with van der Waals surface area (Å²) in [5, 5.41) is 17.4. The third-order valence-electron chi connectivity index (χ3n) is 5.94. The summed E-state index contributed by atoms with van der Waals surface area (Å²) in [7, 11) is 0. The van der Waals surface area contributed by atoms with Crippen LogP contribution in [0.25, 0.3) is 0 Å². The Bertz CT molecular complexity index is 403. The second kappa shape index (κ2) is 7.84. The van der Waals surface area contributed by atoms with Crippen LogP contribution < -0.4 is 10.6 Å². The minimum atomic E-state index is -0.690. The van der Waals surface area contributed by atoms with E-state index in [4.69, 9.17) is 4.74 Å². The summed E-state index contributed by atoms with van der Waals surface area (Å²) in [4.78, 5) is 4.65. The van der Waals surface area contributed by atoms with Crippen molar-refractivity contribution >= 4 is 5.96 Å². The van der Waals surface area contributed by atoms with Gasteiger partial charge < -0.3 is 20.5 Å². The maximum Gasteiger partial charge on any atom is 0.191 e. The fraction of sp³-hybridized carbons (Fsp3) is 0.944. The lowest BCUT2D eigenvalue weighted by Crippen LogP contribution is -2.68. The Labute approximate surface area is 141 Å². The first-order valence-electron chi connectivity index (χ1n) is 9.42. The molecule has 0 aromatic carbocycles. The number of hydrogen-bond donors (Lipinski definition) is 3. The van der Waals surface area contributed by atoms with E-state index < -0.39 is 5.60 Å². The quantitative estimate of drug-likeness (QED) is 0.474. The van der Waals surface area contributed by atoms with Gasteiger partial charge in [-0.2, -0.15) is 0 Å². The largest absolute Gasteiger partial charge is 0.388 e. The molecule has 3 N–H and O–H groups in total. The molecule has 0 aromatic rings. The first-order chi connectivity index (χ1) is 11.0. The second-order valence-electron chi connectivity index (χ2n) is 7.09. The summed E-state index contributed by atoms with van der Waals surface area (Å²) >= 11 is 0. The Kier molecular flexibility index (Phi) is 6.32. The van der Waals surface area contributed by atoms with Crippen molar-refractivity contribution in [2.45, 2.75) is 84.0 Å². The first kappa shape index (κ1) is 18.5. The highest BCUT2D eigenvalue weighted by molar-refractivity contribution is 5.80. The molecule has 0 amide bonds. The van der Waals surface area contributed by atoms with Crippen molar-refractivity contribution in [2.75, 3.05) is 19.7 Å². The van der Waals surface area contributed by atoms with Gasteiger partial charge in [0.15, 0.2) is 5.96 Å². The average molecular weight is 325 g/mol. The number of hydrogen-bond acceptors (Lipinski definition) is 3. The van der Waals surface area contributed by atoms with E-state index in [1.165, 1.54) is 19.3 Å². The zero-order valence-electron chi connectivity index (χ0n) is 15.3.